The minimum absolute atomic E-state index is 0.0890. The van der Waals surface area contributed by atoms with Crippen molar-refractivity contribution in [3.05, 3.63) is 35.9 Å². The minimum Gasteiger partial charge on any atom is -0.379 e. The van der Waals surface area contributed by atoms with Crippen LogP contribution < -0.4 is 5.32 Å². The SMILES string of the molecule is CN1CCC[C@@H]1c1nc(C(=O)NCCN2CCOCC2)c2ccccn12. The first-order valence-electron chi connectivity index (χ1n) is 9.49. The van der Waals surface area contributed by atoms with Gasteiger partial charge in [-0.05, 0) is 38.6 Å². The summed E-state index contributed by atoms with van der Waals surface area (Å²) in [5.74, 6) is 0.882. The highest BCUT2D eigenvalue weighted by Gasteiger charge is 2.28. The maximum absolute atomic E-state index is 12.8. The standard InChI is InChI=1S/C19H27N5O2/c1-22-8-4-6-16(22)18-21-17(15-5-2-3-9-24(15)18)19(25)20-7-10-23-11-13-26-14-12-23/h2-3,5,9,16H,4,6-8,10-14H2,1H3,(H,20,25)/t16-/m1/s1. The number of carbonyl (C=O) groups is 1. The van der Waals surface area contributed by atoms with Crippen LogP contribution in [0.4, 0.5) is 0 Å². The molecule has 2 aliphatic heterocycles. The molecular weight excluding hydrogens is 330 g/mol. The third-order valence-corrected chi connectivity index (χ3v) is 5.43. The molecule has 2 saturated heterocycles. The second kappa shape index (κ2) is 7.73. The molecule has 0 unspecified atom stereocenters. The molecule has 0 aromatic carbocycles. The fraction of sp³-hybridized carbons (Fsp3) is 0.579. The van der Waals surface area contributed by atoms with Gasteiger partial charge in [-0.3, -0.25) is 14.6 Å². The largest absolute Gasteiger partial charge is 0.379 e. The number of hydrogen-bond donors (Lipinski definition) is 1. The highest BCUT2D eigenvalue weighted by Crippen LogP contribution is 2.31. The van der Waals surface area contributed by atoms with Crippen LogP contribution in [0.2, 0.25) is 0 Å². The van der Waals surface area contributed by atoms with Crippen molar-refractivity contribution < 1.29 is 9.53 Å². The van der Waals surface area contributed by atoms with E-state index >= 15 is 0 Å². The van der Waals surface area contributed by atoms with E-state index in [1.807, 2.05) is 24.4 Å². The number of fused-ring (bicyclic) bond motifs is 1. The van der Waals surface area contributed by atoms with Crippen LogP contribution in [0.25, 0.3) is 5.52 Å². The van der Waals surface area contributed by atoms with Gasteiger partial charge in [-0.25, -0.2) is 4.98 Å². The maximum atomic E-state index is 12.8. The van der Waals surface area contributed by atoms with Crippen LogP contribution in [-0.4, -0.2) is 78.1 Å². The number of nitrogens with one attached hydrogen (secondary N) is 1. The molecule has 0 radical (unpaired) electrons. The summed E-state index contributed by atoms with van der Waals surface area (Å²) in [7, 11) is 2.13. The molecule has 7 nitrogen and oxygen atoms in total. The summed E-state index contributed by atoms with van der Waals surface area (Å²) in [6, 6.07) is 6.21. The number of pyridine rings is 1. The van der Waals surface area contributed by atoms with Crippen molar-refractivity contribution in [2.24, 2.45) is 0 Å². The van der Waals surface area contributed by atoms with E-state index in [0.717, 1.165) is 57.2 Å². The zero-order chi connectivity index (χ0) is 17.9. The van der Waals surface area contributed by atoms with Crippen LogP contribution in [0.1, 0.15) is 35.2 Å². The van der Waals surface area contributed by atoms with Crippen molar-refractivity contribution in [1.29, 1.82) is 0 Å². The van der Waals surface area contributed by atoms with Gasteiger partial charge in [-0.15, -0.1) is 0 Å². The van der Waals surface area contributed by atoms with E-state index < -0.39 is 0 Å². The predicted octanol–water partition coefficient (Wildman–Crippen LogP) is 1.16. The van der Waals surface area contributed by atoms with Gasteiger partial charge in [0.15, 0.2) is 5.69 Å². The predicted molar refractivity (Wildman–Crippen MR) is 99.4 cm³/mol. The quantitative estimate of drug-likeness (QED) is 0.870. The van der Waals surface area contributed by atoms with Gasteiger partial charge in [0.05, 0.1) is 24.8 Å². The number of carbonyl (C=O) groups excluding carboxylic acids is 1. The van der Waals surface area contributed by atoms with Gasteiger partial charge in [0, 0.05) is 32.4 Å². The van der Waals surface area contributed by atoms with E-state index in [4.69, 9.17) is 9.72 Å². The van der Waals surface area contributed by atoms with E-state index in [9.17, 15) is 4.79 Å². The Hall–Kier alpha value is -1.96. The van der Waals surface area contributed by atoms with Crippen LogP contribution in [0, 0.1) is 0 Å². The van der Waals surface area contributed by atoms with Crippen LogP contribution >= 0.6 is 0 Å². The number of aromatic nitrogens is 2. The summed E-state index contributed by atoms with van der Waals surface area (Å²) in [4.78, 5) is 22.2. The van der Waals surface area contributed by atoms with Crippen molar-refractivity contribution in [1.82, 2.24) is 24.5 Å². The molecule has 2 aliphatic rings. The molecule has 0 bridgehead atoms. The van der Waals surface area contributed by atoms with Crippen molar-refractivity contribution in [3.63, 3.8) is 0 Å². The Labute approximate surface area is 153 Å². The monoisotopic (exact) mass is 357 g/mol. The molecule has 26 heavy (non-hydrogen) atoms. The number of hydrogen-bond acceptors (Lipinski definition) is 5. The molecule has 0 spiro atoms. The molecule has 4 rings (SSSR count). The van der Waals surface area contributed by atoms with Crippen molar-refractivity contribution in [2.75, 3.05) is 53.0 Å². The lowest BCUT2D eigenvalue weighted by atomic mass is 10.2. The van der Waals surface area contributed by atoms with E-state index in [2.05, 4.69) is 26.6 Å². The molecule has 1 atom stereocenters. The number of rotatable bonds is 5. The summed E-state index contributed by atoms with van der Waals surface area (Å²) in [6.07, 6.45) is 4.26. The average Bonchev–Trinajstić information content (AvgIpc) is 3.26. The van der Waals surface area contributed by atoms with Crippen molar-refractivity contribution in [2.45, 2.75) is 18.9 Å². The summed E-state index contributed by atoms with van der Waals surface area (Å²) in [5, 5.41) is 3.04. The van der Waals surface area contributed by atoms with Crippen LogP contribution in [0.15, 0.2) is 24.4 Å². The van der Waals surface area contributed by atoms with Gasteiger partial charge in [-0.2, -0.15) is 0 Å². The Morgan fingerprint density at radius 3 is 2.92 bits per heavy atom. The summed E-state index contributed by atoms with van der Waals surface area (Å²) in [5.41, 5.74) is 1.41. The normalized spacial score (nSPS) is 22.1. The second-order valence-corrected chi connectivity index (χ2v) is 7.12. The van der Waals surface area contributed by atoms with Gasteiger partial charge in [0.25, 0.3) is 5.91 Å². The van der Waals surface area contributed by atoms with Crippen LogP contribution in [-0.2, 0) is 4.74 Å². The number of likely N-dealkylation sites (tertiary alicyclic amines) is 1. The Balaban J connectivity index is 1.49. The number of imidazole rings is 1. The van der Waals surface area contributed by atoms with E-state index in [1.165, 1.54) is 6.42 Å². The number of morpholine rings is 1. The molecular formula is C19H27N5O2. The second-order valence-electron chi connectivity index (χ2n) is 7.12. The average molecular weight is 357 g/mol. The van der Waals surface area contributed by atoms with Gasteiger partial charge in [0.1, 0.15) is 5.82 Å². The van der Waals surface area contributed by atoms with E-state index in [-0.39, 0.29) is 11.9 Å². The van der Waals surface area contributed by atoms with Gasteiger partial charge < -0.3 is 14.5 Å². The molecule has 4 heterocycles. The van der Waals surface area contributed by atoms with E-state index in [0.29, 0.717) is 12.2 Å². The van der Waals surface area contributed by atoms with Gasteiger partial charge >= 0.3 is 0 Å². The first-order chi connectivity index (χ1) is 12.7. The summed E-state index contributed by atoms with van der Waals surface area (Å²) in [6.45, 7) is 5.97. The summed E-state index contributed by atoms with van der Waals surface area (Å²) < 4.78 is 7.43. The third kappa shape index (κ3) is 3.47. The number of nitrogens with zero attached hydrogens (tertiary/aromatic N) is 4. The topological polar surface area (TPSA) is 62.1 Å². The number of amides is 1. The Morgan fingerprint density at radius 2 is 2.15 bits per heavy atom. The van der Waals surface area contributed by atoms with Crippen LogP contribution in [0.3, 0.4) is 0 Å². The molecule has 7 heteroatoms. The zero-order valence-corrected chi connectivity index (χ0v) is 15.4. The van der Waals surface area contributed by atoms with E-state index in [1.54, 1.807) is 0 Å². The molecule has 2 aromatic rings. The molecule has 1 N–H and O–H groups in total. The Morgan fingerprint density at radius 1 is 1.31 bits per heavy atom. The highest BCUT2D eigenvalue weighted by atomic mass is 16.5. The molecule has 2 fully saturated rings. The molecule has 140 valence electrons. The maximum Gasteiger partial charge on any atom is 0.272 e. The molecule has 2 aromatic heterocycles. The Bertz CT molecular complexity index is 768. The summed E-state index contributed by atoms with van der Waals surface area (Å²) >= 11 is 0. The highest BCUT2D eigenvalue weighted by molar-refractivity contribution is 5.99. The lowest BCUT2D eigenvalue weighted by Crippen LogP contribution is -2.41. The number of ether oxygens (including phenoxy) is 1. The van der Waals surface area contributed by atoms with Crippen molar-refractivity contribution in [3.8, 4) is 0 Å². The fourth-order valence-corrected chi connectivity index (χ4v) is 3.94. The zero-order valence-electron chi connectivity index (χ0n) is 15.4. The lowest BCUT2D eigenvalue weighted by molar-refractivity contribution is 0.0383. The third-order valence-electron chi connectivity index (χ3n) is 5.43. The fourth-order valence-electron chi connectivity index (χ4n) is 3.94. The van der Waals surface area contributed by atoms with Gasteiger partial charge in [0.2, 0.25) is 0 Å². The molecule has 0 aliphatic carbocycles. The first-order valence-corrected chi connectivity index (χ1v) is 9.49. The van der Waals surface area contributed by atoms with Gasteiger partial charge in [-0.1, -0.05) is 6.07 Å². The Kier molecular flexibility index (Phi) is 5.19. The molecule has 1 amide bonds. The first kappa shape index (κ1) is 17.5. The van der Waals surface area contributed by atoms with Crippen molar-refractivity contribution >= 4 is 11.4 Å². The molecule has 0 saturated carbocycles. The smallest absolute Gasteiger partial charge is 0.272 e. The lowest BCUT2D eigenvalue weighted by Gasteiger charge is -2.26. The van der Waals surface area contributed by atoms with Crippen LogP contribution in [0.5, 0.6) is 0 Å². The minimum atomic E-state index is -0.0890.